The van der Waals surface area contributed by atoms with Crippen molar-refractivity contribution in [2.24, 2.45) is 0 Å². The molecule has 0 aromatic heterocycles. The Hall–Kier alpha value is -3.52. The van der Waals surface area contributed by atoms with Crippen molar-refractivity contribution in [3.05, 3.63) is 71.8 Å². The molecule has 174 valence electrons. The second-order valence-corrected chi connectivity index (χ2v) is 7.00. The summed E-state index contributed by atoms with van der Waals surface area (Å²) in [4.78, 5) is 12.8. The normalized spacial score (nSPS) is 11.2. The lowest BCUT2D eigenvalue weighted by molar-refractivity contribution is -0.137. The van der Waals surface area contributed by atoms with Gasteiger partial charge in [-0.3, -0.25) is 0 Å². The highest BCUT2D eigenvalue weighted by molar-refractivity contribution is 5.98. The van der Waals surface area contributed by atoms with Crippen LogP contribution in [0.5, 0.6) is 11.5 Å². The highest BCUT2D eigenvalue weighted by Crippen LogP contribution is 2.40. The summed E-state index contributed by atoms with van der Waals surface area (Å²) in [6.07, 6.45) is -4.51. The van der Waals surface area contributed by atoms with Crippen LogP contribution < -0.4 is 9.47 Å². The van der Waals surface area contributed by atoms with E-state index in [0.717, 1.165) is 12.1 Å². The third-order valence-electron chi connectivity index (χ3n) is 4.85. The highest BCUT2D eigenvalue weighted by Gasteiger charge is 2.30. The van der Waals surface area contributed by atoms with Gasteiger partial charge in [0.15, 0.2) is 0 Å². The van der Waals surface area contributed by atoms with E-state index in [1.54, 1.807) is 37.3 Å². The first-order chi connectivity index (χ1) is 15.8. The van der Waals surface area contributed by atoms with Gasteiger partial charge in [0.2, 0.25) is 0 Å². The maximum atomic E-state index is 13.3. The summed E-state index contributed by atoms with van der Waals surface area (Å²) < 4.78 is 55.9. The largest absolute Gasteiger partial charge is 0.497 e. The lowest BCUT2D eigenvalue weighted by Crippen LogP contribution is -2.11. The van der Waals surface area contributed by atoms with E-state index >= 15 is 0 Å². The van der Waals surface area contributed by atoms with Crippen LogP contribution in [-0.2, 0) is 10.9 Å². The number of carbonyl (C=O) groups excluding carboxylic acids is 1. The fourth-order valence-corrected chi connectivity index (χ4v) is 3.32. The van der Waals surface area contributed by atoms with Gasteiger partial charge in [-0.25, -0.2) is 4.79 Å². The average Bonchev–Trinajstić information content (AvgIpc) is 2.82. The number of benzene rings is 3. The number of methoxy groups -OCH3 is 1. The smallest absolute Gasteiger partial charge is 0.416 e. The Morgan fingerprint density at radius 2 is 1.70 bits per heavy atom. The summed E-state index contributed by atoms with van der Waals surface area (Å²) >= 11 is 0. The third kappa shape index (κ3) is 5.64. The van der Waals surface area contributed by atoms with Crippen LogP contribution in [0.25, 0.3) is 22.3 Å². The lowest BCUT2D eigenvalue weighted by Gasteiger charge is -2.18. The van der Waals surface area contributed by atoms with Crippen LogP contribution in [0.4, 0.5) is 13.2 Å². The molecule has 3 aromatic carbocycles. The van der Waals surface area contributed by atoms with E-state index in [-0.39, 0.29) is 36.7 Å². The van der Waals surface area contributed by atoms with E-state index in [0.29, 0.717) is 22.4 Å². The SMILES string of the molecule is CCOC(=O)c1cc(-c2cccc(C(F)(F)F)c2)cc(-c2ccc(OC)cc2)c1OCCO. The zero-order valence-electron chi connectivity index (χ0n) is 18.1. The van der Waals surface area contributed by atoms with E-state index < -0.39 is 17.7 Å². The summed E-state index contributed by atoms with van der Waals surface area (Å²) in [6, 6.07) is 14.8. The fraction of sp³-hybridized carbons (Fsp3) is 0.240. The predicted octanol–water partition coefficient (Wildman–Crippen LogP) is 5.60. The molecule has 0 heterocycles. The molecule has 0 radical (unpaired) electrons. The zero-order valence-corrected chi connectivity index (χ0v) is 18.1. The van der Waals surface area contributed by atoms with Gasteiger partial charge in [-0.2, -0.15) is 13.2 Å². The maximum Gasteiger partial charge on any atom is 0.416 e. The van der Waals surface area contributed by atoms with Crippen molar-refractivity contribution in [1.82, 2.24) is 0 Å². The minimum atomic E-state index is -4.51. The Morgan fingerprint density at radius 3 is 2.30 bits per heavy atom. The minimum Gasteiger partial charge on any atom is -0.497 e. The van der Waals surface area contributed by atoms with E-state index in [1.807, 2.05) is 0 Å². The molecule has 0 fully saturated rings. The zero-order chi connectivity index (χ0) is 24.0. The molecule has 3 aromatic rings. The lowest BCUT2D eigenvalue weighted by atomic mass is 9.94. The second-order valence-electron chi connectivity index (χ2n) is 7.00. The number of rotatable bonds is 8. The Labute approximate surface area is 189 Å². The third-order valence-corrected chi connectivity index (χ3v) is 4.85. The molecule has 0 spiro atoms. The number of halogens is 3. The van der Waals surface area contributed by atoms with Gasteiger partial charge < -0.3 is 19.3 Å². The maximum absolute atomic E-state index is 13.3. The Morgan fingerprint density at radius 1 is 0.970 bits per heavy atom. The molecule has 0 saturated heterocycles. The summed E-state index contributed by atoms with van der Waals surface area (Å²) in [5.41, 5.74) is 1.01. The molecule has 0 aliphatic rings. The molecule has 5 nitrogen and oxygen atoms in total. The summed E-state index contributed by atoms with van der Waals surface area (Å²) in [5.74, 6) is 0.0913. The van der Waals surface area contributed by atoms with Gasteiger partial charge in [0.1, 0.15) is 23.7 Å². The number of esters is 1. The molecule has 0 unspecified atom stereocenters. The number of ether oxygens (including phenoxy) is 3. The van der Waals surface area contributed by atoms with E-state index in [4.69, 9.17) is 14.2 Å². The van der Waals surface area contributed by atoms with E-state index in [9.17, 15) is 23.1 Å². The number of aliphatic hydroxyl groups is 1. The number of alkyl halides is 3. The quantitative estimate of drug-likeness (QED) is 0.444. The monoisotopic (exact) mass is 460 g/mol. The standard InChI is InChI=1S/C25H23F3O5/c1-3-32-24(30)22-15-18(17-5-4-6-19(13-17)25(26,27)28)14-21(23(22)33-12-11-29)16-7-9-20(31-2)10-8-16/h4-10,13-15,29H,3,11-12H2,1-2H3. The van der Waals surface area contributed by atoms with E-state index in [2.05, 4.69) is 0 Å². The first-order valence-corrected chi connectivity index (χ1v) is 10.2. The summed E-state index contributed by atoms with van der Waals surface area (Å²) in [7, 11) is 1.53. The molecule has 0 atom stereocenters. The number of aliphatic hydroxyl groups excluding tert-OH is 1. The van der Waals surface area contributed by atoms with Crippen LogP contribution in [-0.4, -0.2) is 38.0 Å². The molecule has 1 N–H and O–H groups in total. The Balaban J connectivity index is 2.26. The topological polar surface area (TPSA) is 65.0 Å². The number of carbonyl (C=O) groups is 1. The van der Waals surface area contributed by atoms with Gasteiger partial charge in [0.05, 0.1) is 25.9 Å². The Kier molecular flexibility index (Phi) is 7.60. The molecular weight excluding hydrogens is 437 g/mol. The molecular formula is C25H23F3O5. The van der Waals surface area contributed by atoms with Gasteiger partial charge in [0.25, 0.3) is 0 Å². The minimum absolute atomic E-state index is 0.0472. The molecule has 0 bridgehead atoms. The van der Waals surface area contributed by atoms with Crippen molar-refractivity contribution in [3.8, 4) is 33.8 Å². The van der Waals surface area contributed by atoms with Gasteiger partial charge >= 0.3 is 12.1 Å². The molecule has 0 amide bonds. The van der Waals surface area contributed by atoms with Gasteiger partial charge in [-0.05, 0) is 60.0 Å². The fourth-order valence-electron chi connectivity index (χ4n) is 3.32. The van der Waals surface area contributed by atoms with Gasteiger partial charge in [-0.15, -0.1) is 0 Å². The average molecular weight is 460 g/mol. The van der Waals surface area contributed by atoms with Crippen LogP contribution in [0.15, 0.2) is 60.7 Å². The molecule has 33 heavy (non-hydrogen) atoms. The predicted molar refractivity (Wildman–Crippen MR) is 117 cm³/mol. The molecule has 8 heteroatoms. The number of hydrogen-bond donors (Lipinski definition) is 1. The van der Waals surface area contributed by atoms with E-state index in [1.165, 1.54) is 25.3 Å². The highest BCUT2D eigenvalue weighted by atomic mass is 19.4. The summed E-state index contributed by atoms with van der Waals surface area (Å²) in [6.45, 7) is 1.37. The van der Waals surface area contributed by atoms with Crippen LogP contribution in [0.3, 0.4) is 0 Å². The van der Waals surface area contributed by atoms with Crippen molar-refractivity contribution < 1.29 is 37.3 Å². The summed E-state index contributed by atoms with van der Waals surface area (Å²) in [5, 5.41) is 9.27. The van der Waals surface area contributed by atoms with Crippen LogP contribution in [0, 0.1) is 0 Å². The molecule has 0 saturated carbocycles. The molecule has 0 aliphatic carbocycles. The van der Waals surface area contributed by atoms with Crippen LogP contribution >= 0.6 is 0 Å². The first-order valence-electron chi connectivity index (χ1n) is 10.2. The first kappa shape index (κ1) is 24.1. The van der Waals surface area contributed by atoms with Crippen LogP contribution in [0.2, 0.25) is 0 Å². The van der Waals surface area contributed by atoms with Gasteiger partial charge in [0, 0.05) is 5.56 Å². The van der Waals surface area contributed by atoms with Crippen molar-refractivity contribution >= 4 is 5.97 Å². The van der Waals surface area contributed by atoms with Crippen molar-refractivity contribution in [3.63, 3.8) is 0 Å². The number of hydrogen-bond acceptors (Lipinski definition) is 5. The van der Waals surface area contributed by atoms with Gasteiger partial charge in [-0.1, -0.05) is 24.3 Å². The second kappa shape index (κ2) is 10.4. The van der Waals surface area contributed by atoms with Crippen LogP contribution in [0.1, 0.15) is 22.8 Å². The molecule has 0 aliphatic heterocycles. The Bertz CT molecular complexity index is 1110. The van der Waals surface area contributed by atoms with Crippen molar-refractivity contribution in [2.45, 2.75) is 13.1 Å². The van der Waals surface area contributed by atoms with Crippen molar-refractivity contribution in [2.75, 3.05) is 26.9 Å². The molecule has 3 rings (SSSR count). The van der Waals surface area contributed by atoms with Crippen molar-refractivity contribution in [1.29, 1.82) is 0 Å².